The molecule has 0 heterocycles. The van der Waals surface area contributed by atoms with Gasteiger partial charge in [-0.15, -0.1) is 0 Å². The lowest BCUT2D eigenvalue weighted by atomic mass is 10.1. The van der Waals surface area contributed by atoms with E-state index in [1.807, 2.05) is 20.8 Å². The quantitative estimate of drug-likeness (QED) is 0.735. The molecule has 7 heteroatoms. The molecule has 6 nitrogen and oxygen atoms in total. The second kappa shape index (κ2) is 8.82. The zero-order valence-corrected chi connectivity index (χ0v) is 15.2. The van der Waals surface area contributed by atoms with Gasteiger partial charge in [-0.3, -0.25) is 9.59 Å². The molecule has 0 saturated heterocycles. The number of hydrogen-bond acceptors (Lipinski definition) is 4. The standard InChI is InChI=1S/C17H25NO5S/c1-4-5-12-24(22,23)15-8-6-14(7-9-15)17(21)18(13(2)3)11-10-16(19)20/h6-9,13H,4-5,10-12H2,1-3H3,(H,19,20). The van der Waals surface area contributed by atoms with Crippen molar-refractivity contribution in [3.63, 3.8) is 0 Å². The molecule has 0 bridgehead atoms. The molecule has 1 amide bonds. The van der Waals surface area contributed by atoms with Crippen LogP contribution in [0.4, 0.5) is 0 Å². The van der Waals surface area contributed by atoms with Crippen LogP contribution in [0.25, 0.3) is 0 Å². The van der Waals surface area contributed by atoms with Gasteiger partial charge in [-0.25, -0.2) is 8.42 Å². The van der Waals surface area contributed by atoms with Gasteiger partial charge in [0.2, 0.25) is 0 Å². The molecule has 1 N–H and O–H groups in total. The molecule has 0 aliphatic heterocycles. The van der Waals surface area contributed by atoms with Crippen LogP contribution in [0.1, 0.15) is 50.4 Å². The number of carbonyl (C=O) groups excluding carboxylic acids is 1. The summed E-state index contributed by atoms with van der Waals surface area (Å²) in [6.07, 6.45) is 1.26. The minimum absolute atomic E-state index is 0.0908. The average molecular weight is 355 g/mol. The first kappa shape index (κ1) is 20.2. The maximum atomic E-state index is 12.5. The van der Waals surface area contributed by atoms with Gasteiger partial charge in [-0.2, -0.15) is 0 Å². The minimum Gasteiger partial charge on any atom is -0.481 e. The van der Waals surface area contributed by atoms with E-state index in [1.54, 1.807) is 0 Å². The molecule has 134 valence electrons. The van der Waals surface area contributed by atoms with Crippen LogP contribution in [0.5, 0.6) is 0 Å². The molecule has 1 rings (SSSR count). The van der Waals surface area contributed by atoms with Crippen molar-refractivity contribution in [1.29, 1.82) is 0 Å². The topological polar surface area (TPSA) is 91.8 Å². The monoisotopic (exact) mass is 355 g/mol. The third-order valence-electron chi connectivity index (χ3n) is 3.68. The van der Waals surface area contributed by atoms with E-state index in [2.05, 4.69) is 0 Å². The van der Waals surface area contributed by atoms with Crippen LogP contribution >= 0.6 is 0 Å². The van der Waals surface area contributed by atoms with Crippen LogP contribution in [0, 0.1) is 0 Å². The first-order valence-electron chi connectivity index (χ1n) is 8.04. The van der Waals surface area contributed by atoms with Crippen molar-refractivity contribution in [3.05, 3.63) is 29.8 Å². The van der Waals surface area contributed by atoms with Gasteiger partial charge in [0, 0.05) is 18.2 Å². The number of rotatable bonds is 9. The Hall–Kier alpha value is -1.89. The Balaban J connectivity index is 2.93. The van der Waals surface area contributed by atoms with Crippen LogP contribution < -0.4 is 0 Å². The van der Waals surface area contributed by atoms with Gasteiger partial charge in [0.25, 0.3) is 5.91 Å². The van der Waals surface area contributed by atoms with Gasteiger partial charge in [-0.05, 0) is 44.5 Å². The third-order valence-corrected chi connectivity index (χ3v) is 5.49. The molecule has 24 heavy (non-hydrogen) atoms. The van der Waals surface area contributed by atoms with E-state index in [9.17, 15) is 18.0 Å². The number of sulfone groups is 1. The summed E-state index contributed by atoms with van der Waals surface area (Å²) < 4.78 is 24.3. The van der Waals surface area contributed by atoms with Crippen molar-refractivity contribution < 1.29 is 23.1 Å². The SMILES string of the molecule is CCCCS(=O)(=O)c1ccc(C(=O)N(CCC(=O)O)C(C)C)cc1. The highest BCUT2D eigenvalue weighted by molar-refractivity contribution is 7.91. The molecule has 0 atom stereocenters. The molecule has 0 aliphatic carbocycles. The number of benzene rings is 1. The normalized spacial score (nSPS) is 11.5. The summed E-state index contributed by atoms with van der Waals surface area (Å²) in [7, 11) is -3.33. The lowest BCUT2D eigenvalue weighted by molar-refractivity contribution is -0.137. The van der Waals surface area contributed by atoms with Crippen LogP contribution in [0.15, 0.2) is 29.2 Å². The Morgan fingerprint density at radius 3 is 2.21 bits per heavy atom. The summed E-state index contributed by atoms with van der Waals surface area (Å²) in [5.74, 6) is -1.18. The second-order valence-electron chi connectivity index (χ2n) is 5.93. The van der Waals surface area contributed by atoms with Crippen LogP contribution in [0.2, 0.25) is 0 Å². The maximum Gasteiger partial charge on any atom is 0.305 e. The van der Waals surface area contributed by atoms with E-state index in [-0.39, 0.29) is 35.6 Å². The molecule has 0 radical (unpaired) electrons. The molecule has 1 aromatic carbocycles. The number of hydrogen-bond donors (Lipinski definition) is 1. The fourth-order valence-electron chi connectivity index (χ4n) is 2.23. The van der Waals surface area contributed by atoms with Crippen LogP contribution in [0.3, 0.4) is 0 Å². The average Bonchev–Trinajstić information content (AvgIpc) is 2.52. The Morgan fingerprint density at radius 2 is 1.75 bits per heavy atom. The predicted octanol–water partition coefficient (Wildman–Crippen LogP) is 2.59. The van der Waals surface area contributed by atoms with Gasteiger partial charge < -0.3 is 10.0 Å². The highest BCUT2D eigenvalue weighted by Crippen LogP contribution is 2.16. The minimum atomic E-state index is -3.33. The Morgan fingerprint density at radius 1 is 1.17 bits per heavy atom. The van der Waals surface area contributed by atoms with Crippen molar-refractivity contribution in [3.8, 4) is 0 Å². The van der Waals surface area contributed by atoms with E-state index in [1.165, 1.54) is 29.2 Å². The first-order chi connectivity index (χ1) is 11.2. The van der Waals surface area contributed by atoms with Crippen LogP contribution in [-0.4, -0.2) is 48.6 Å². The molecule has 0 spiro atoms. The third kappa shape index (κ3) is 5.63. The summed E-state index contributed by atoms with van der Waals surface area (Å²) in [6, 6.07) is 5.70. The van der Waals surface area contributed by atoms with Crippen molar-refractivity contribution in [2.75, 3.05) is 12.3 Å². The Labute approximate surface area is 143 Å². The maximum absolute atomic E-state index is 12.5. The van der Waals surface area contributed by atoms with E-state index in [0.717, 1.165) is 6.42 Å². The summed E-state index contributed by atoms with van der Waals surface area (Å²) in [5.41, 5.74) is 0.350. The van der Waals surface area contributed by atoms with Gasteiger partial charge in [0.1, 0.15) is 0 Å². The van der Waals surface area contributed by atoms with Gasteiger partial charge in [-0.1, -0.05) is 13.3 Å². The number of unbranched alkanes of at least 4 members (excludes halogenated alkanes) is 1. The molecule has 1 aromatic rings. The molecule has 0 aliphatic rings. The van der Waals surface area contributed by atoms with E-state index in [0.29, 0.717) is 12.0 Å². The van der Waals surface area contributed by atoms with Gasteiger partial charge in [0.15, 0.2) is 9.84 Å². The van der Waals surface area contributed by atoms with Crippen molar-refractivity contribution in [2.24, 2.45) is 0 Å². The van der Waals surface area contributed by atoms with Gasteiger partial charge in [0.05, 0.1) is 17.1 Å². The summed E-state index contributed by atoms with van der Waals surface area (Å²) in [4.78, 5) is 24.9. The number of nitrogens with zero attached hydrogens (tertiary/aromatic N) is 1. The highest BCUT2D eigenvalue weighted by Gasteiger charge is 2.20. The number of carboxylic acid groups (broad SMARTS) is 1. The lowest BCUT2D eigenvalue weighted by Gasteiger charge is -2.26. The Kier molecular flexibility index (Phi) is 7.41. The molecule has 0 saturated carbocycles. The number of amides is 1. The second-order valence-corrected chi connectivity index (χ2v) is 8.04. The summed E-state index contributed by atoms with van der Waals surface area (Å²) in [5, 5.41) is 8.79. The highest BCUT2D eigenvalue weighted by atomic mass is 32.2. The van der Waals surface area contributed by atoms with Gasteiger partial charge >= 0.3 is 5.97 Å². The summed E-state index contributed by atoms with van der Waals surface area (Å²) >= 11 is 0. The van der Waals surface area contributed by atoms with E-state index in [4.69, 9.17) is 5.11 Å². The zero-order chi connectivity index (χ0) is 18.3. The van der Waals surface area contributed by atoms with Crippen LogP contribution in [-0.2, 0) is 14.6 Å². The van der Waals surface area contributed by atoms with E-state index < -0.39 is 15.8 Å². The molecule has 0 unspecified atom stereocenters. The first-order valence-corrected chi connectivity index (χ1v) is 9.70. The molecular weight excluding hydrogens is 330 g/mol. The predicted molar refractivity (Wildman–Crippen MR) is 91.8 cm³/mol. The zero-order valence-electron chi connectivity index (χ0n) is 14.4. The van der Waals surface area contributed by atoms with Crippen molar-refractivity contribution >= 4 is 21.7 Å². The van der Waals surface area contributed by atoms with E-state index >= 15 is 0 Å². The number of carbonyl (C=O) groups is 2. The summed E-state index contributed by atoms with van der Waals surface area (Å²) in [6.45, 7) is 5.66. The Bertz CT molecular complexity index is 665. The fourth-order valence-corrected chi connectivity index (χ4v) is 3.69. The number of aliphatic carboxylic acids is 1. The molecule has 0 fully saturated rings. The largest absolute Gasteiger partial charge is 0.481 e. The number of carboxylic acids is 1. The smallest absolute Gasteiger partial charge is 0.305 e. The molecular formula is C17H25NO5S. The lowest BCUT2D eigenvalue weighted by Crippen LogP contribution is -2.38. The van der Waals surface area contributed by atoms with Crippen molar-refractivity contribution in [1.82, 2.24) is 4.90 Å². The molecule has 0 aromatic heterocycles. The fraction of sp³-hybridized carbons (Fsp3) is 0.529. The van der Waals surface area contributed by atoms with Crippen molar-refractivity contribution in [2.45, 2.75) is 51.0 Å².